The van der Waals surface area contributed by atoms with Crippen molar-refractivity contribution in [2.75, 3.05) is 11.9 Å². The average molecular weight is 363 g/mol. The van der Waals surface area contributed by atoms with E-state index in [1.54, 1.807) is 48.5 Å². The van der Waals surface area contributed by atoms with Crippen LogP contribution in [0.3, 0.4) is 0 Å². The molecule has 0 heterocycles. The number of nitriles is 1. The van der Waals surface area contributed by atoms with E-state index >= 15 is 0 Å². The third-order valence-corrected chi connectivity index (χ3v) is 3.27. The van der Waals surface area contributed by atoms with Gasteiger partial charge in [-0.3, -0.25) is 9.59 Å². The van der Waals surface area contributed by atoms with Crippen LogP contribution in [0.2, 0.25) is 0 Å². The molecule has 7 nitrogen and oxygen atoms in total. The van der Waals surface area contributed by atoms with E-state index in [9.17, 15) is 14.4 Å². The van der Waals surface area contributed by atoms with E-state index in [4.69, 9.17) is 10.00 Å². The first kappa shape index (κ1) is 19.4. The minimum atomic E-state index is -0.830. The van der Waals surface area contributed by atoms with E-state index in [0.717, 1.165) is 0 Å². The Labute approximate surface area is 156 Å². The molecule has 0 fully saturated rings. The lowest BCUT2D eigenvalue weighted by Gasteiger charge is -2.09. The Bertz CT molecular complexity index is 897. The van der Waals surface area contributed by atoms with Gasteiger partial charge in [0.15, 0.2) is 6.61 Å². The van der Waals surface area contributed by atoms with E-state index in [-0.39, 0.29) is 5.70 Å². The van der Waals surface area contributed by atoms with Gasteiger partial charge in [0.05, 0.1) is 11.6 Å². The van der Waals surface area contributed by atoms with Crippen molar-refractivity contribution in [3.8, 4) is 6.07 Å². The molecule has 0 unspecified atom stereocenters. The second-order valence-corrected chi connectivity index (χ2v) is 5.46. The van der Waals surface area contributed by atoms with Gasteiger partial charge in [-0.1, -0.05) is 30.3 Å². The third kappa shape index (κ3) is 6.48. The van der Waals surface area contributed by atoms with Crippen molar-refractivity contribution in [3.05, 3.63) is 71.4 Å². The summed E-state index contributed by atoms with van der Waals surface area (Å²) in [7, 11) is 0. The molecule has 2 aromatic rings. The van der Waals surface area contributed by atoms with E-state index < -0.39 is 24.4 Å². The molecule has 7 heteroatoms. The Balaban J connectivity index is 1.97. The minimum absolute atomic E-state index is 0.0696. The van der Waals surface area contributed by atoms with Crippen molar-refractivity contribution in [2.24, 2.45) is 0 Å². The standard InChI is InChI=1S/C20H17N3O4/c1-14(24)22-18(11-15-5-3-2-4-6-15)20(26)27-13-19(25)23-17-9-7-16(12-21)8-10-17/h2-11H,13H2,1H3,(H,22,24)(H,23,25)/b18-11+. The van der Waals surface area contributed by atoms with Crippen molar-refractivity contribution >= 4 is 29.5 Å². The highest BCUT2D eigenvalue weighted by Gasteiger charge is 2.15. The SMILES string of the molecule is CC(=O)N/C(=C/c1ccccc1)C(=O)OCC(=O)Nc1ccc(C#N)cc1. The van der Waals surface area contributed by atoms with Gasteiger partial charge in [0.1, 0.15) is 5.70 Å². The quantitative estimate of drug-likeness (QED) is 0.604. The number of anilines is 1. The van der Waals surface area contributed by atoms with Crippen LogP contribution in [-0.4, -0.2) is 24.4 Å². The summed E-state index contributed by atoms with van der Waals surface area (Å²) in [6.07, 6.45) is 1.46. The predicted molar refractivity (Wildman–Crippen MR) is 99.0 cm³/mol. The first-order chi connectivity index (χ1) is 13.0. The lowest BCUT2D eigenvalue weighted by Crippen LogP contribution is -2.28. The molecule has 0 aliphatic rings. The van der Waals surface area contributed by atoms with Crippen molar-refractivity contribution in [2.45, 2.75) is 6.92 Å². The lowest BCUT2D eigenvalue weighted by atomic mass is 10.2. The second kappa shape index (κ2) is 9.53. The number of benzene rings is 2. The Morgan fingerprint density at radius 2 is 1.74 bits per heavy atom. The molecule has 0 saturated heterocycles. The fraction of sp³-hybridized carbons (Fsp3) is 0.100. The van der Waals surface area contributed by atoms with Gasteiger partial charge in [-0.05, 0) is 35.9 Å². The maximum atomic E-state index is 12.2. The van der Waals surface area contributed by atoms with Crippen LogP contribution >= 0.6 is 0 Å². The first-order valence-electron chi connectivity index (χ1n) is 7.99. The number of ether oxygens (including phenoxy) is 1. The largest absolute Gasteiger partial charge is 0.451 e. The van der Waals surface area contributed by atoms with E-state index in [1.807, 2.05) is 12.1 Å². The lowest BCUT2D eigenvalue weighted by molar-refractivity contribution is -0.144. The molecule has 2 aromatic carbocycles. The normalized spacial score (nSPS) is 10.4. The summed E-state index contributed by atoms with van der Waals surface area (Å²) in [5.74, 6) is -1.81. The molecule has 0 aliphatic heterocycles. The van der Waals surface area contributed by atoms with Crippen LogP contribution in [0.4, 0.5) is 5.69 Å². The first-order valence-corrected chi connectivity index (χ1v) is 7.99. The van der Waals surface area contributed by atoms with E-state index in [2.05, 4.69) is 10.6 Å². The molecular formula is C20H17N3O4. The number of hydrogen-bond acceptors (Lipinski definition) is 5. The van der Waals surface area contributed by atoms with Crippen molar-refractivity contribution in [3.63, 3.8) is 0 Å². The van der Waals surface area contributed by atoms with E-state index in [0.29, 0.717) is 16.8 Å². The van der Waals surface area contributed by atoms with Crippen molar-refractivity contribution in [1.82, 2.24) is 5.32 Å². The Morgan fingerprint density at radius 3 is 2.33 bits per heavy atom. The van der Waals surface area contributed by atoms with Crippen LogP contribution in [0.15, 0.2) is 60.3 Å². The summed E-state index contributed by atoms with van der Waals surface area (Å²) in [5.41, 5.74) is 1.56. The van der Waals surface area contributed by atoms with Crippen LogP contribution in [0.5, 0.6) is 0 Å². The highest BCUT2D eigenvalue weighted by atomic mass is 16.5. The highest BCUT2D eigenvalue weighted by molar-refractivity contribution is 5.99. The van der Waals surface area contributed by atoms with Gasteiger partial charge in [-0.15, -0.1) is 0 Å². The molecule has 0 radical (unpaired) electrons. The van der Waals surface area contributed by atoms with Crippen LogP contribution in [0.1, 0.15) is 18.1 Å². The van der Waals surface area contributed by atoms with Gasteiger partial charge < -0.3 is 15.4 Å². The minimum Gasteiger partial charge on any atom is -0.451 e. The Kier molecular flexibility index (Phi) is 6.85. The summed E-state index contributed by atoms with van der Waals surface area (Å²) >= 11 is 0. The number of nitrogens with zero attached hydrogens (tertiary/aromatic N) is 1. The van der Waals surface area contributed by atoms with Gasteiger partial charge in [0.25, 0.3) is 5.91 Å². The molecule has 2 N–H and O–H groups in total. The summed E-state index contributed by atoms with van der Waals surface area (Å²) < 4.78 is 4.97. The smallest absolute Gasteiger partial charge is 0.355 e. The topological polar surface area (TPSA) is 108 Å². The van der Waals surface area contributed by atoms with Crippen LogP contribution < -0.4 is 10.6 Å². The molecular weight excluding hydrogens is 346 g/mol. The second-order valence-electron chi connectivity index (χ2n) is 5.46. The maximum absolute atomic E-state index is 12.2. The monoisotopic (exact) mass is 363 g/mol. The molecule has 0 atom stereocenters. The van der Waals surface area contributed by atoms with Crippen molar-refractivity contribution < 1.29 is 19.1 Å². The number of hydrogen-bond donors (Lipinski definition) is 2. The van der Waals surface area contributed by atoms with E-state index in [1.165, 1.54) is 13.0 Å². The van der Waals surface area contributed by atoms with Crippen molar-refractivity contribution in [1.29, 1.82) is 5.26 Å². The van der Waals surface area contributed by atoms with Gasteiger partial charge in [0.2, 0.25) is 5.91 Å². The highest BCUT2D eigenvalue weighted by Crippen LogP contribution is 2.09. The fourth-order valence-electron chi connectivity index (χ4n) is 2.09. The molecule has 27 heavy (non-hydrogen) atoms. The van der Waals surface area contributed by atoms with Crippen LogP contribution in [0, 0.1) is 11.3 Å². The number of nitrogens with one attached hydrogen (secondary N) is 2. The zero-order valence-corrected chi connectivity index (χ0v) is 14.6. The fourth-order valence-corrected chi connectivity index (χ4v) is 2.09. The maximum Gasteiger partial charge on any atom is 0.355 e. The Hall–Kier alpha value is -3.92. The number of rotatable bonds is 6. The predicted octanol–water partition coefficient (Wildman–Crippen LogP) is 2.22. The molecule has 0 spiro atoms. The summed E-state index contributed by atoms with van der Waals surface area (Å²) in [6.45, 7) is 0.744. The van der Waals surface area contributed by atoms with Gasteiger partial charge in [-0.25, -0.2) is 4.79 Å². The number of amides is 2. The molecule has 0 aliphatic carbocycles. The summed E-state index contributed by atoms with van der Waals surface area (Å²) in [6, 6.07) is 17.1. The van der Waals surface area contributed by atoms with Crippen LogP contribution in [0.25, 0.3) is 6.08 Å². The molecule has 2 amide bonds. The number of esters is 1. The molecule has 2 rings (SSSR count). The Morgan fingerprint density at radius 1 is 1.07 bits per heavy atom. The zero-order valence-electron chi connectivity index (χ0n) is 14.6. The average Bonchev–Trinajstić information content (AvgIpc) is 2.66. The van der Waals surface area contributed by atoms with Gasteiger partial charge >= 0.3 is 5.97 Å². The molecule has 0 aromatic heterocycles. The van der Waals surface area contributed by atoms with Crippen LogP contribution in [-0.2, 0) is 19.1 Å². The summed E-state index contributed by atoms with van der Waals surface area (Å²) in [5, 5.41) is 13.7. The number of carbonyl (C=O) groups excluding carboxylic acids is 3. The third-order valence-electron chi connectivity index (χ3n) is 3.27. The molecule has 136 valence electrons. The number of carbonyl (C=O) groups is 3. The van der Waals surface area contributed by atoms with Gasteiger partial charge in [0, 0.05) is 12.6 Å². The summed E-state index contributed by atoms with van der Waals surface area (Å²) in [4.78, 5) is 35.4. The zero-order chi connectivity index (χ0) is 19.6. The van der Waals surface area contributed by atoms with Gasteiger partial charge in [-0.2, -0.15) is 5.26 Å². The molecule has 0 bridgehead atoms. The molecule has 0 saturated carbocycles.